The summed E-state index contributed by atoms with van der Waals surface area (Å²) < 4.78 is 6.35. The number of ether oxygens (including phenoxy) is 1. The Bertz CT molecular complexity index is 459. The van der Waals surface area contributed by atoms with Crippen LogP contribution in [0.4, 0.5) is 0 Å². The molecule has 0 saturated heterocycles. The van der Waals surface area contributed by atoms with Gasteiger partial charge in [0.25, 0.3) is 0 Å². The molecule has 0 heterocycles. The molecule has 110 valence electrons. The fourth-order valence-electron chi connectivity index (χ4n) is 1.55. The van der Waals surface area contributed by atoms with E-state index in [1.54, 1.807) is 26.0 Å². The zero-order valence-corrected chi connectivity index (χ0v) is 13.0. The highest BCUT2D eigenvalue weighted by atomic mass is 79.9. The maximum absolute atomic E-state index is 11.6. The van der Waals surface area contributed by atoms with Crippen LogP contribution in [-0.4, -0.2) is 29.6 Å². The van der Waals surface area contributed by atoms with Gasteiger partial charge >= 0.3 is 5.97 Å². The summed E-state index contributed by atoms with van der Waals surface area (Å²) >= 11 is 3.32. The quantitative estimate of drug-likeness (QED) is 0.797. The molecule has 1 rings (SSSR count). The lowest BCUT2D eigenvalue weighted by Crippen LogP contribution is -2.44. The zero-order valence-electron chi connectivity index (χ0n) is 11.4. The van der Waals surface area contributed by atoms with E-state index in [-0.39, 0.29) is 24.9 Å². The molecule has 1 atom stereocenters. The molecule has 1 amide bonds. The van der Waals surface area contributed by atoms with Crippen molar-refractivity contribution in [1.29, 1.82) is 0 Å². The second kappa shape index (κ2) is 7.89. The fourth-order valence-corrected chi connectivity index (χ4v) is 1.82. The van der Waals surface area contributed by atoms with Crippen molar-refractivity contribution in [2.75, 3.05) is 6.61 Å². The lowest BCUT2D eigenvalue weighted by molar-refractivity contribution is -0.143. The summed E-state index contributed by atoms with van der Waals surface area (Å²) in [5.41, 5.74) is 0. The summed E-state index contributed by atoms with van der Waals surface area (Å²) in [6.07, 6.45) is 0.118. The minimum absolute atomic E-state index is 0.118. The van der Waals surface area contributed by atoms with E-state index in [1.807, 2.05) is 12.1 Å². The number of carbonyl (C=O) groups is 2. The highest BCUT2D eigenvalue weighted by Gasteiger charge is 2.23. The molecule has 0 aliphatic heterocycles. The Kier molecular flexibility index (Phi) is 6.51. The first-order valence-electron chi connectivity index (χ1n) is 6.30. The van der Waals surface area contributed by atoms with Gasteiger partial charge in [-0.1, -0.05) is 29.8 Å². The van der Waals surface area contributed by atoms with E-state index in [1.165, 1.54) is 0 Å². The topological polar surface area (TPSA) is 75.6 Å². The minimum atomic E-state index is -1.03. The van der Waals surface area contributed by atoms with Crippen molar-refractivity contribution in [2.45, 2.75) is 26.3 Å². The molecular formula is C14H18BrNO4. The number of amides is 1. The Labute approximate surface area is 126 Å². The van der Waals surface area contributed by atoms with Crippen molar-refractivity contribution >= 4 is 27.8 Å². The molecule has 0 spiro atoms. The molecule has 6 heteroatoms. The monoisotopic (exact) mass is 343 g/mol. The van der Waals surface area contributed by atoms with E-state index < -0.39 is 12.0 Å². The van der Waals surface area contributed by atoms with Crippen LogP contribution in [0.2, 0.25) is 0 Å². The van der Waals surface area contributed by atoms with Crippen LogP contribution in [0.5, 0.6) is 5.75 Å². The molecule has 0 unspecified atom stereocenters. The number of hydrogen-bond acceptors (Lipinski definition) is 3. The number of carbonyl (C=O) groups excluding carboxylic acids is 1. The fraction of sp³-hybridized carbons (Fsp3) is 0.429. The number of carboxylic acid groups (broad SMARTS) is 1. The summed E-state index contributed by atoms with van der Waals surface area (Å²) in [6.45, 7) is 3.70. The Hall–Kier alpha value is -1.56. The Morgan fingerprint density at radius 2 is 1.90 bits per heavy atom. The third-order valence-corrected chi connectivity index (χ3v) is 3.19. The normalized spacial score (nSPS) is 12.0. The smallest absolute Gasteiger partial charge is 0.326 e. The highest BCUT2D eigenvalue weighted by Crippen LogP contribution is 2.16. The van der Waals surface area contributed by atoms with Crippen molar-refractivity contribution in [1.82, 2.24) is 5.32 Å². The lowest BCUT2D eigenvalue weighted by atomic mass is 10.0. The van der Waals surface area contributed by atoms with E-state index in [0.29, 0.717) is 5.75 Å². The van der Waals surface area contributed by atoms with Crippen LogP contribution in [0, 0.1) is 5.92 Å². The van der Waals surface area contributed by atoms with E-state index in [4.69, 9.17) is 9.84 Å². The highest BCUT2D eigenvalue weighted by molar-refractivity contribution is 9.10. The average molecular weight is 344 g/mol. The summed E-state index contributed by atoms with van der Waals surface area (Å²) in [7, 11) is 0. The first-order valence-corrected chi connectivity index (χ1v) is 7.10. The van der Waals surface area contributed by atoms with E-state index in [0.717, 1.165) is 4.47 Å². The van der Waals surface area contributed by atoms with Crippen LogP contribution >= 0.6 is 15.9 Å². The van der Waals surface area contributed by atoms with Gasteiger partial charge in [0.2, 0.25) is 5.91 Å². The van der Waals surface area contributed by atoms with E-state index >= 15 is 0 Å². The van der Waals surface area contributed by atoms with Gasteiger partial charge in [-0.3, -0.25) is 4.79 Å². The summed E-state index contributed by atoms with van der Waals surface area (Å²) in [5, 5.41) is 11.5. The van der Waals surface area contributed by atoms with Crippen molar-refractivity contribution in [3.63, 3.8) is 0 Å². The van der Waals surface area contributed by atoms with E-state index in [9.17, 15) is 9.59 Å². The van der Waals surface area contributed by atoms with Gasteiger partial charge in [0.15, 0.2) is 0 Å². The van der Waals surface area contributed by atoms with Gasteiger partial charge in [-0.15, -0.1) is 0 Å². The van der Waals surface area contributed by atoms with Crippen LogP contribution in [0.25, 0.3) is 0 Å². The van der Waals surface area contributed by atoms with Crippen molar-refractivity contribution < 1.29 is 19.4 Å². The molecule has 0 fully saturated rings. The maximum Gasteiger partial charge on any atom is 0.326 e. The average Bonchev–Trinajstić information content (AvgIpc) is 2.37. The first kappa shape index (κ1) is 16.5. The predicted molar refractivity (Wildman–Crippen MR) is 78.7 cm³/mol. The molecule has 0 aromatic heterocycles. The molecular weight excluding hydrogens is 326 g/mol. The maximum atomic E-state index is 11.6. The lowest BCUT2D eigenvalue weighted by Gasteiger charge is -2.17. The molecule has 2 N–H and O–H groups in total. The van der Waals surface area contributed by atoms with Gasteiger partial charge in [-0.05, 0) is 30.2 Å². The second-order valence-electron chi connectivity index (χ2n) is 4.68. The van der Waals surface area contributed by atoms with Gasteiger partial charge in [-0.2, -0.15) is 0 Å². The van der Waals surface area contributed by atoms with Crippen LogP contribution < -0.4 is 10.1 Å². The largest absolute Gasteiger partial charge is 0.493 e. The Morgan fingerprint density at radius 3 is 2.40 bits per heavy atom. The number of hydrogen-bond donors (Lipinski definition) is 2. The number of rotatable bonds is 7. The Morgan fingerprint density at radius 1 is 1.30 bits per heavy atom. The molecule has 0 aliphatic carbocycles. The second-order valence-corrected chi connectivity index (χ2v) is 5.60. The van der Waals surface area contributed by atoms with Crippen LogP contribution in [-0.2, 0) is 9.59 Å². The van der Waals surface area contributed by atoms with Crippen molar-refractivity contribution in [3.05, 3.63) is 28.7 Å². The molecule has 0 saturated carbocycles. The summed E-state index contributed by atoms with van der Waals surface area (Å²) in [4.78, 5) is 22.6. The van der Waals surface area contributed by atoms with Crippen LogP contribution in [0.15, 0.2) is 28.7 Å². The van der Waals surface area contributed by atoms with Gasteiger partial charge < -0.3 is 15.2 Å². The van der Waals surface area contributed by atoms with Crippen LogP contribution in [0.1, 0.15) is 20.3 Å². The number of aliphatic carboxylic acids is 1. The molecule has 0 radical (unpaired) electrons. The number of carboxylic acids is 1. The molecule has 0 aliphatic rings. The summed E-state index contributed by atoms with van der Waals surface area (Å²) in [5.74, 6) is -0.853. The number of benzene rings is 1. The standard InChI is InChI=1S/C14H18BrNO4/c1-9(2)13(14(18)19)16-12(17)7-8-20-11-5-3-10(15)4-6-11/h3-6,9,13H,7-8H2,1-2H3,(H,16,17)(H,18,19)/t13-/m0/s1. The van der Waals surface area contributed by atoms with Gasteiger partial charge in [0.05, 0.1) is 13.0 Å². The third kappa shape index (κ3) is 5.61. The molecule has 1 aromatic rings. The zero-order chi connectivity index (χ0) is 15.1. The van der Waals surface area contributed by atoms with Gasteiger partial charge in [0, 0.05) is 4.47 Å². The molecule has 20 heavy (non-hydrogen) atoms. The van der Waals surface area contributed by atoms with Crippen molar-refractivity contribution in [2.24, 2.45) is 5.92 Å². The molecule has 1 aromatic carbocycles. The first-order chi connectivity index (χ1) is 9.40. The number of nitrogens with one attached hydrogen (secondary N) is 1. The van der Waals surface area contributed by atoms with Crippen LogP contribution in [0.3, 0.4) is 0 Å². The third-order valence-electron chi connectivity index (χ3n) is 2.66. The number of halogens is 1. The SMILES string of the molecule is CC(C)[C@H](NC(=O)CCOc1ccc(Br)cc1)C(=O)O. The molecule has 5 nitrogen and oxygen atoms in total. The van der Waals surface area contributed by atoms with E-state index in [2.05, 4.69) is 21.2 Å². The van der Waals surface area contributed by atoms with Crippen molar-refractivity contribution in [3.8, 4) is 5.75 Å². The molecule has 0 bridgehead atoms. The van der Waals surface area contributed by atoms with Gasteiger partial charge in [-0.25, -0.2) is 4.79 Å². The Balaban J connectivity index is 2.36. The summed E-state index contributed by atoms with van der Waals surface area (Å²) in [6, 6.07) is 6.39. The predicted octanol–water partition coefficient (Wildman–Crippen LogP) is 2.44. The van der Waals surface area contributed by atoms with Gasteiger partial charge in [0.1, 0.15) is 11.8 Å². The minimum Gasteiger partial charge on any atom is -0.493 e.